The minimum absolute atomic E-state index is 0.0245. The molecule has 2 atom stereocenters. The summed E-state index contributed by atoms with van der Waals surface area (Å²) in [5.74, 6) is -0.000523. The Bertz CT molecular complexity index is 1180. The standard InChI is InChI=1S/C75H149NO5/c1-3-5-7-9-11-13-15-17-18-19-37-40-44-47-51-55-59-63-67-73(78)72(71-77)76-74(79)68-64-60-56-52-48-45-41-38-35-33-31-29-27-25-23-21-20-22-24-26-28-30-32-34-36-39-42-46-50-54-58-62-66-70-81-75(80)69-65-61-57-53-49-43-16-14-12-10-8-6-4-2/h72-73,77-78H,3-71H2,1-2H3,(H,76,79). The Kier molecular flexibility index (Phi) is 70.3. The first-order valence-electron chi connectivity index (χ1n) is 37.8. The summed E-state index contributed by atoms with van der Waals surface area (Å²) in [6.45, 7) is 5.01. The fraction of sp³-hybridized carbons (Fsp3) is 0.973. The third-order valence-corrected chi connectivity index (χ3v) is 18.2. The molecule has 0 saturated carbocycles. The van der Waals surface area contributed by atoms with Gasteiger partial charge in [0.2, 0.25) is 5.91 Å². The van der Waals surface area contributed by atoms with Crippen LogP contribution in [0.5, 0.6) is 0 Å². The Hall–Kier alpha value is -1.14. The predicted molar refractivity (Wildman–Crippen MR) is 357 cm³/mol. The molecule has 0 radical (unpaired) electrons. The van der Waals surface area contributed by atoms with E-state index in [1.54, 1.807) is 0 Å². The maximum Gasteiger partial charge on any atom is 0.305 e. The van der Waals surface area contributed by atoms with Crippen LogP contribution < -0.4 is 5.32 Å². The highest BCUT2D eigenvalue weighted by Gasteiger charge is 2.20. The third-order valence-electron chi connectivity index (χ3n) is 18.2. The summed E-state index contributed by atoms with van der Waals surface area (Å²) < 4.78 is 5.50. The Morgan fingerprint density at radius 3 is 0.753 bits per heavy atom. The number of hydrogen-bond acceptors (Lipinski definition) is 5. The second-order valence-corrected chi connectivity index (χ2v) is 26.4. The number of amides is 1. The number of esters is 1. The molecule has 6 nitrogen and oxygen atoms in total. The second kappa shape index (κ2) is 71.3. The van der Waals surface area contributed by atoms with Gasteiger partial charge in [-0.3, -0.25) is 9.59 Å². The second-order valence-electron chi connectivity index (χ2n) is 26.4. The monoisotopic (exact) mass is 1140 g/mol. The number of rotatable bonds is 72. The Balaban J connectivity index is 3.30. The van der Waals surface area contributed by atoms with Crippen molar-refractivity contribution in [1.29, 1.82) is 0 Å². The summed E-state index contributed by atoms with van der Waals surface area (Å²) in [5.41, 5.74) is 0. The molecule has 0 bridgehead atoms. The number of carbonyl (C=O) groups is 2. The zero-order chi connectivity index (χ0) is 58.5. The number of nitrogens with one attached hydrogen (secondary N) is 1. The molecule has 0 aliphatic carbocycles. The minimum Gasteiger partial charge on any atom is -0.466 e. The van der Waals surface area contributed by atoms with Crippen molar-refractivity contribution in [3.8, 4) is 0 Å². The molecule has 0 aliphatic rings. The number of ether oxygens (including phenoxy) is 1. The molecule has 0 aliphatic heterocycles. The van der Waals surface area contributed by atoms with Gasteiger partial charge in [-0.05, 0) is 25.7 Å². The van der Waals surface area contributed by atoms with E-state index in [9.17, 15) is 19.8 Å². The lowest BCUT2D eigenvalue weighted by Crippen LogP contribution is -2.45. The molecule has 0 rings (SSSR count). The SMILES string of the molecule is CCCCCCCCCCCCCCCCCCCCC(O)C(CO)NC(=O)CCCCCCCCCCCCCCCCCCCCCCCCCCCCCCCCCCCOC(=O)CCCCCCCCCCCCCCC. The summed E-state index contributed by atoms with van der Waals surface area (Å²) in [6, 6.07) is -0.537. The van der Waals surface area contributed by atoms with E-state index in [1.165, 1.54) is 372 Å². The first-order valence-corrected chi connectivity index (χ1v) is 37.8. The van der Waals surface area contributed by atoms with E-state index in [0.29, 0.717) is 25.9 Å². The van der Waals surface area contributed by atoms with Crippen molar-refractivity contribution in [2.75, 3.05) is 13.2 Å². The van der Waals surface area contributed by atoms with Crippen LogP contribution in [0.25, 0.3) is 0 Å². The zero-order valence-electron chi connectivity index (χ0n) is 55.6. The first-order chi connectivity index (χ1) is 40.0. The minimum atomic E-state index is -0.660. The van der Waals surface area contributed by atoms with Crippen LogP contribution in [0, 0.1) is 0 Å². The van der Waals surface area contributed by atoms with Gasteiger partial charge in [0.25, 0.3) is 0 Å². The van der Waals surface area contributed by atoms with Crippen molar-refractivity contribution in [2.24, 2.45) is 0 Å². The van der Waals surface area contributed by atoms with E-state index >= 15 is 0 Å². The summed E-state index contributed by atoms with van der Waals surface area (Å²) in [5, 5.41) is 23.4. The van der Waals surface area contributed by atoms with Crippen LogP contribution in [0.15, 0.2) is 0 Å². The van der Waals surface area contributed by atoms with Crippen LogP contribution in [-0.4, -0.2) is 47.4 Å². The van der Waals surface area contributed by atoms with Crippen LogP contribution in [0.1, 0.15) is 444 Å². The molecule has 0 fully saturated rings. The van der Waals surface area contributed by atoms with Gasteiger partial charge in [-0.15, -0.1) is 0 Å². The van der Waals surface area contributed by atoms with E-state index in [0.717, 1.165) is 38.5 Å². The molecule has 484 valence electrons. The maximum absolute atomic E-state index is 12.5. The fourth-order valence-electron chi connectivity index (χ4n) is 12.4. The zero-order valence-corrected chi connectivity index (χ0v) is 55.6. The van der Waals surface area contributed by atoms with Gasteiger partial charge >= 0.3 is 5.97 Å². The van der Waals surface area contributed by atoms with Gasteiger partial charge in [0, 0.05) is 12.8 Å². The molecular formula is C75H149NO5. The van der Waals surface area contributed by atoms with Gasteiger partial charge in [0.15, 0.2) is 0 Å². The van der Waals surface area contributed by atoms with Crippen molar-refractivity contribution in [1.82, 2.24) is 5.32 Å². The van der Waals surface area contributed by atoms with Crippen LogP contribution in [-0.2, 0) is 14.3 Å². The molecule has 2 unspecified atom stereocenters. The molecule has 0 aromatic heterocycles. The van der Waals surface area contributed by atoms with Crippen LogP contribution in [0.4, 0.5) is 0 Å². The number of unbranched alkanes of at least 4 members (excludes halogenated alkanes) is 61. The predicted octanol–water partition coefficient (Wildman–Crippen LogP) is 24.5. The lowest BCUT2D eigenvalue weighted by Gasteiger charge is -2.22. The van der Waals surface area contributed by atoms with Crippen molar-refractivity contribution in [3.63, 3.8) is 0 Å². The summed E-state index contributed by atoms with van der Waals surface area (Å²) in [6.07, 6.45) is 87.5. The highest BCUT2D eigenvalue weighted by Crippen LogP contribution is 2.20. The van der Waals surface area contributed by atoms with Crippen molar-refractivity contribution in [3.05, 3.63) is 0 Å². The molecule has 81 heavy (non-hydrogen) atoms. The average Bonchev–Trinajstić information content (AvgIpc) is 3.47. The molecule has 3 N–H and O–H groups in total. The van der Waals surface area contributed by atoms with Gasteiger partial charge in [-0.1, -0.05) is 406 Å². The molecule has 0 aromatic carbocycles. The molecular weight excluding hydrogens is 995 g/mol. The Labute approximate surface area is 508 Å². The number of hydrogen-bond donors (Lipinski definition) is 3. The van der Waals surface area contributed by atoms with E-state index < -0.39 is 12.1 Å². The van der Waals surface area contributed by atoms with E-state index in [4.69, 9.17) is 4.74 Å². The maximum atomic E-state index is 12.5. The van der Waals surface area contributed by atoms with E-state index in [2.05, 4.69) is 19.2 Å². The molecule has 0 aromatic rings. The number of aliphatic hydroxyl groups is 2. The highest BCUT2D eigenvalue weighted by molar-refractivity contribution is 5.76. The van der Waals surface area contributed by atoms with Crippen molar-refractivity contribution >= 4 is 11.9 Å². The van der Waals surface area contributed by atoms with E-state index in [1.807, 2.05) is 0 Å². The number of carbonyl (C=O) groups excluding carboxylic acids is 2. The van der Waals surface area contributed by atoms with Crippen LogP contribution >= 0.6 is 0 Å². The lowest BCUT2D eigenvalue weighted by atomic mass is 10.0. The molecule has 1 amide bonds. The molecule has 0 saturated heterocycles. The Morgan fingerprint density at radius 2 is 0.506 bits per heavy atom. The lowest BCUT2D eigenvalue weighted by molar-refractivity contribution is -0.143. The van der Waals surface area contributed by atoms with Crippen molar-refractivity contribution < 1.29 is 24.5 Å². The van der Waals surface area contributed by atoms with Gasteiger partial charge in [0.05, 0.1) is 25.4 Å². The van der Waals surface area contributed by atoms with Gasteiger partial charge in [-0.25, -0.2) is 0 Å². The Morgan fingerprint density at radius 1 is 0.296 bits per heavy atom. The smallest absolute Gasteiger partial charge is 0.305 e. The van der Waals surface area contributed by atoms with Gasteiger partial charge in [-0.2, -0.15) is 0 Å². The normalized spacial score (nSPS) is 12.4. The summed E-state index contributed by atoms with van der Waals surface area (Å²) in [7, 11) is 0. The van der Waals surface area contributed by atoms with Gasteiger partial charge in [0.1, 0.15) is 0 Å². The summed E-state index contributed by atoms with van der Waals surface area (Å²) in [4.78, 5) is 24.6. The average molecular weight is 1150 g/mol. The molecule has 0 spiro atoms. The fourth-order valence-corrected chi connectivity index (χ4v) is 12.4. The van der Waals surface area contributed by atoms with Crippen LogP contribution in [0.2, 0.25) is 0 Å². The van der Waals surface area contributed by atoms with E-state index in [-0.39, 0.29) is 18.5 Å². The van der Waals surface area contributed by atoms with Crippen LogP contribution in [0.3, 0.4) is 0 Å². The largest absolute Gasteiger partial charge is 0.466 e. The first kappa shape index (κ1) is 79.9. The molecule has 0 heterocycles. The van der Waals surface area contributed by atoms with Crippen molar-refractivity contribution in [2.45, 2.75) is 456 Å². The highest BCUT2D eigenvalue weighted by atomic mass is 16.5. The summed E-state index contributed by atoms with van der Waals surface area (Å²) >= 11 is 0. The molecule has 6 heteroatoms. The number of aliphatic hydroxyl groups excluding tert-OH is 2. The third kappa shape index (κ3) is 67.9. The quantitative estimate of drug-likeness (QED) is 0.0417. The van der Waals surface area contributed by atoms with Gasteiger partial charge < -0.3 is 20.3 Å². The topological polar surface area (TPSA) is 95.9 Å².